The van der Waals surface area contributed by atoms with E-state index in [0.717, 1.165) is 19.6 Å². The number of hydrogen-bond acceptors (Lipinski definition) is 3. The van der Waals surface area contributed by atoms with Gasteiger partial charge in [-0.3, -0.25) is 4.90 Å². The van der Waals surface area contributed by atoms with Gasteiger partial charge >= 0.3 is 0 Å². The Morgan fingerprint density at radius 2 is 1.75 bits per heavy atom. The van der Waals surface area contributed by atoms with Gasteiger partial charge in [-0.1, -0.05) is 44.2 Å². The largest absolute Gasteiger partial charge is 0.394 e. The topological polar surface area (TPSA) is 35.5 Å². The molecule has 0 aromatic heterocycles. The Labute approximate surface area is 124 Å². The highest BCUT2D eigenvalue weighted by atomic mass is 16.3. The maximum atomic E-state index is 9.55. The molecule has 1 aromatic carbocycles. The van der Waals surface area contributed by atoms with Crippen molar-refractivity contribution in [3.8, 4) is 0 Å². The Hall–Kier alpha value is -0.900. The minimum absolute atomic E-state index is 0.0263. The van der Waals surface area contributed by atoms with Gasteiger partial charge in [-0.25, -0.2) is 0 Å². The molecule has 20 heavy (non-hydrogen) atoms. The maximum absolute atomic E-state index is 9.55. The normalized spacial score (nSPS) is 15.3. The van der Waals surface area contributed by atoms with Gasteiger partial charge in [0.1, 0.15) is 0 Å². The highest BCUT2D eigenvalue weighted by molar-refractivity contribution is 5.26. The lowest BCUT2D eigenvalue weighted by Gasteiger charge is -2.41. The number of benzene rings is 1. The van der Waals surface area contributed by atoms with E-state index in [1.54, 1.807) is 0 Å². The zero-order valence-electron chi connectivity index (χ0n) is 13.6. The molecule has 0 spiro atoms. The summed E-state index contributed by atoms with van der Waals surface area (Å²) in [6.45, 7) is 11.5. The van der Waals surface area contributed by atoms with Gasteiger partial charge in [0.15, 0.2) is 0 Å². The predicted molar refractivity (Wildman–Crippen MR) is 86.1 cm³/mol. The van der Waals surface area contributed by atoms with Crippen molar-refractivity contribution in [2.24, 2.45) is 0 Å². The average Bonchev–Trinajstić information content (AvgIpc) is 2.46. The van der Waals surface area contributed by atoms with E-state index >= 15 is 0 Å². The minimum atomic E-state index is -0.206. The monoisotopic (exact) mass is 278 g/mol. The second kappa shape index (κ2) is 7.21. The summed E-state index contributed by atoms with van der Waals surface area (Å²) in [6, 6.07) is 10.6. The maximum Gasteiger partial charge on any atom is 0.0609 e. The molecule has 0 aliphatic heterocycles. The van der Waals surface area contributed by atoms with Gasteiger partial charge in [0.2, 0.25) is 0 Å². The smallest absolute Gasteiger partial charge is 0.0609 e. The molecular weight excluding hydrogens is 248 g/mol. The number of hydrogen-bond donors (Lipinski definition) is 2. The fourth-order valence-electron chi connectivity index (χ4n) is 2.35. The molecule has 0 heterocycles. The predicted octanol–water partition coefficient (Wildman–Crippen LogP) is 2.26. The molecule has 1 aromatic rings. The van der Waals surface area contributed by atoms with Gasteiger partial charge < -0.3 is 10.4 Å². The molecule has 0 aliphatic carbocycles. The Balaban J connectivity index is 2.95. The summed E-state index contributed by atoms with van der Waals surface area (Å²) in [4.78, 5) is 2.25. The summed E-state index contributed by atoms with van der Waals surface area (Å²) >= 11 is 0. The van der Waals surface area contributed by atoms with Crippen LogP contribution in [0.3, 0.4) is 0 Å². The van der Waals surface area contributed by atoms with E-state index in [1.807, 2.05) is 0 Å². The van der Waals surface area contributed by atoms with Crippen LogP contribution < -0.4 is 5.32 Å². The Morgan fingerprint density at radius 1 is 1.15 bits per heavy atom. The molecule has 0 fully saturated rings. The van der Waals surface area contributed by atoms with Crippen LogP contribution in [0.2, 0.25) is 0 Å². The van der Waals surface area contributed by atoms with Gasteiger partial charge in [0.25, 0.3) is 0 Å². The van der Waals surface area contributed by atoms with Gasteiger partial charge in [-0.05, 0) is 33.0 Å². The van der Waals surface area contributed by atoms with Crippen LogP contribution in [-0.2, 0) is 5.41 Å². The number of nitrogens with zero attached hydrogens (tertiary/aromatic N) is 1. The second-order valence-electron chi connectivity index (χ2n) is 6.53. The Kier molecular flexibility index (Phi) is 6.18. The van der Waals surface area contributed by atoms with Crippen molar-refractivity contribution >= 4 is 0 Å². The van der Waals surface area contributed by atoms with Gasteiger partial charge in [0.05, 0.1) is 6.61 Å². The van der Waals surface area contributed by atoms with Crippen LogP contribution in [0, 0.1) is 0 Å². The zero-order valence-corrected chi connectivity index (χ0v) is 13.6. The SMILES string of the molecule is CCNCC(C)(CN(C)C(C)(C)CO)c1ccccc1. The van der Waals surface area contributed by atoms with Gasteiger partial charge in [-0.15, -0.1) is 0 Å². The number of aliphatic hydroxyl groups excluding tert-OH is 1. The van der Waals surface area contributed by atoms with Crippen molar-refractivity contribution in [2.45, 2.75) is 38.6 Å². The molecule has 0 aliphatic rings. The summed E-state index contributed by atoms with van der Waals surface area (Å²) in [7, 11) is 2.09. The molecular formula is C17H30N2O. The van der Waals surface area contributed by atoms with Crippen molar-refractivity contribution in [3.63, 3.8) is 0 Å². The highest BCUT2D eigenvalue weighted by Gasteiger charge is 2.32. The summed E-state index contributed by atoms with van der Waals surface area (Å²) < 4.78 is 0. The lowest BCUT2D eigenvalue weighted by Crippen LogP contribution is -2.52. The van der Waals surface area contributed by atoms with Crippen LogP contribution in [0.5, 0.6) is 0 Å². The number of rotatable bonds is 8. The first kappa shape index (κ1) is 17.2. The Morgan fingerprint density at radius 3 is 2.25 bits per heavy atom. The second-order valence-corrected chi connectivity index (χ2v) is 6.53. The zero-order chi connectivity index (χ0) is 15.2. The van der Waals surface area contributed by atoms with Gasteiger partial charge in [-0.2, -0.15) is 0 Å². The molecule has 114 valence electrons. The van der Waals surface area contributed by atoms with E-state index < -0.39 is 0 Å². The quantitative estimate of drug-likeness (QED) is 0.765. The first-order valence-corrected chi connectivity index (χ1v) is 7.44. The van der Waals surface area contributed by atoms with Crippen molar-refractivity contribution in [1.29, 1.82) is 0 Å². The highest BCUT2D eigenvalue weighted by Crippen LogP contribution is 2.26. The minimum Gasteiger partial charge on any atom is -0.394 e. The van der Waals surface area contributed by atoms with E-state index in [1.165, 1.54) is 5.56 Å². The van der Waals surface area contributed by atoms with Crippen LogP contribution in [-0.4, -0.2) is 48.8 Å². The third-order valence-corrected chi connectivity index (χ3v) is 4.24. The molecule has 0 saturated heterocycles. The van der Waals surface area contributed by atoms with Crippen molar-refractivity contribution in [2.75, 3.05) is 33.3 Å². The summed E-state index contributed by atoms with van der Waals surface area (Å²) in [6.07, 6.45) is 0. The number of aliphatic hydroxyl groups is 1. The molecule has 0 amide bonds. The average molecular weight is 278 g/mol. The summed E-state index contributed by atoms with van der Waals surface area (Å²) in [5.74, 6) is 0. The fraction of sp³-hybridized carbons (Fsp3) is 0.647. The first-order valence-electron chi connectivity index (χ1n) is 7.44. The molecule has 0 saturated carbocycles. The molecule has 2 N–H and O–H groups in total. The van der Waals surface area contributed by atoms with Crippen molar-refractivity contribution in [1.82, 2.24) is 10.2 Å². The van der Waals surface area contributed by atoms with Crippen LogP contribution in [0.15, 0.2) is 30.3 Å². The van der Waals surface area contributed by atoms with Crippen LogP contribution in [0.25, 0.3) is 0 Å². The van der Waals surface area contributed by atoms with E-state index in [4.69, 9.17) is 0 Å². The molecule has 1 atom stereocenters. The summed E-state index contributed by atoms with van der Waals surface area (Å²) in [5.41, 5.74) is 1.15. The lowest BCUT2D eigenvalue weighted by atomic mass is 9.81. The standard InChI is InChI=1S/C17H30N2O/c1-6-18-12-17(4,15-10-8-7-9-11-15)13-19(5)16(2,3)14-20/h7-11,18,20H,6,12-14H2,1-5H3. The van der Waals surface area contributed by atoms with Crippen LogP contribution in [0.1, 0.15) is 33.3 Å². The molecule has 0 bridgehead atoms. The Bertz CT molecular complexity index is 391. The fourth-order valence-corrected chi connectivity index (χ4v) is 2.35. The molecule has 3 nitrogen and oxygen atoms in total. The van der Waals surface area contributed by atoms with E-state index in [0.29, 0.717) is 0 Å². The molecule has 1 rings (SSSR count). The van der Waals surface area contributed by atoms with Crippen molar-refractivity contribution < 1.29 is 5.11 Å². The lowest BCUT2D eigenvalue weighted by molar-refractivity contribution is 0.0617. The van der Waals surface area contributed by atoms with Crippen molar-refractivity contribution in [3.05, 3.63) is 35.9 Å². The molecule has 0 radical (unpaired) electrons. The van der Waals surface area contributed by atoms with E-state index in [2.05, 4.69) is 75.3 Å². The number of likely N-dealkylation sites (N-methyl/N-ethyl adjacent to an activating group) is 2. The third kappa shape index (κ3) is 4.30. The van der Waals surface area contributed by atoms with Gasteiger partial charge in [0, 0.05) is 24.0 Å². The van der Waals surface area contributed by atoms with Crippen LogP contribution in [0.4, 0.5) is 0 Å². The van der Waals surface area contributed by atoms with E-state index in [9.17, 15) is 5.11 Å². The molecule has 1 unspecified atom stereocenters. The van der Waals surface area contributed by atoms with E-state index in [-0.39, 0.29) is 17.6 Å². The van der Waals surface area contributed by atoms with Crippen LogP contribution >= 0.6 is 0 Å². The third-order valence-electron chi connectivity index (χ3n) is 4.24. The summed E-state index contributed by atoms with van der Waals surface area (Å²) in [5, 5.41) is 13.0. The first-order chi connectivity index (χ1) is 9.35. The molecule has 3 heteroatoms. The number of nitrogens with one attached hydrogen (secondary N) is 1.